The van der Waals surface area contributed by atoms with Gasteiger partial charge in [0.2, 0.25) is 5.91 Å². The molecule has 2 N–H and O–H groups in total. The molecule has 2 aromatic heterocycles. The van der Waals surface area contributed by atoms with E-state index in [1.807, 2.05) is 24.5 Å². The van der Waals surface area contributed by atoms with Crippen LogP contribution in [0.3, 0.4) is 0 Å². The molecular weight excluding hydrogens is 362 g/mol. The zero-order chi connectivity index (χ0) is 20.4. The van der Waals surface area contributed by atoms with E-state index in [9.17, 15) is 4.79 Å². The van der Waals surface area contributed by atoms with Crippen LogP contribution in [0, 0.1) is 11.3 Å². The van der Waals surface area contributed by atoms with Crippen LogP contribution in [-0.4, -0.2) is 45.6 Å². The maximum Gasteiger partial charge on any atom is 0.231 e. The van der Waals surface area contributed by atoms with Crippen molar-refractivity contribution in [3.8, 4) is 11.1 Å². The Morgan fingerprint density at radius 3 is 2.66 bits per heavy atom. The lowest BCUT2D eigenvalue weighted by atomic mass is 9.79. The van der Waals surface area contributed by atoms with Crippen LogP contribution in [0.25, 0.3) is 21.9 Å². The molecule has 29 heavy (non-hydrogen) atoms. The Kier molecular flexibility index (Phi) is 5.37. The van der Waals surface area contributed by atoms with E-state index in [1.54, 1.807) is 6.20 Å². The predicted octanol–water partition coefficient (Wildman–Crippen LogP) is 4.32. The number of likely N-dealkylation sites (tertiary alicyclic amines) is 1. The molecular formula is C23H29N5O. The van der Waals surface area contributed by atoms with E-state index in [2.05, 4.69) is 58.3 Å². The minimum Gasteiger partial charge on any atom is -0.310 e. The topological polar surface area (TPSA) is 73.9 Å². The molecule has 6 heteroatoms. The predicted molar refractivity (Wildman–Crippen MR) is 117 cm³/mol. The third-order valence-corrected chi connectivity index (χ3v) is 5.93. The highest BCUT2D eigenvalue weighted by Gasteiger charge is 2.37. The molecule has 0 saturated carbocycles. The molecule has 1 aliphatic heterocycles. The molecule has 0 bridgehead atoms. The smallest absolute Gasteiger partial charge is 0.231 e. The molecule has 1 saturated heterocycles. The molecule has 1 aliphatic rings. The van der Waals surface area contributed by atoms with E-state index in [1.165, 1.54) is 0 Å². The molecule has 4 rings (SSSR count). The Bertz CT molecular complexity index is 988. The van der Waals surface area contributed by atoms with Gasteiger partial charge in [0, 0.05) is 35.3 Å². The number of carbonyl (C=O) groups excluding carboxylic acids is 1. The van der Waals surface area contributed by atoms with Crippen molar-refractivity contribution < 1.29 is 4.79 Å². The lowest BCUT2D eigenvalue weighted by Crippen LogP contribution is -2.45. The molecule has 0 radical (unpaired) electrons. The quantitative estimate of drug-likeness (QED) is 0.679. The van der Waals surface area contributed by atoms with Crippen LogP contribution >= 0.6 is 0 Å². The molecule has 152 valence electrons. The maximum atomic E-state index is 13.0. The van der Waals surface area contributed by atoms with Crippen molar-refractivity contribution in [3.05, 3.63) is 42.9 Å². The first kappa shape index (κ1) is 19.6. The van der Waals surface area contributed by atoms with Gasteiger partial charge in [-0.2, -0.15) is 5.10 Å². The first-order valence-electron chi connectivity index (χ1n) is 10.4. The van der Waals surface area contributed by atoms with Crippen molar-refractivity contribution in [2.75, 3.05) is 25.0 Å². The van der Waals surface area contributed by atoms with Gasteiger partial charge in [0.25, 0.3) is 0 Å². The number of pyridine rings is 1. The van der Waals surface area contributed by atoms with Gasteiger partial charge in [0.15, 0.2) is 0 Å². The fourth-order valence-electron chi connectivity index (χ4n) is 4.04. The van der Waals surface area contributed by atoms with E-state index in [-0.39, 0.29) is 11.3 Å². The number of hydrogen-bond donors (Lipinski definition) is 2. The Balaban J connectivity index is 1.48. The average molecular weight is 392 g/mol. The second-order valence-electron chi connectivity index (χ2n) is 8.83. The molecule has 0 atom stereocenters. The number of amides is 1. The van der Waals surface area contributed by atoms with Crippen LogP contribution in [-0.2, 0) is 4.79 Å². The van der Waals surface area contributed by atoms with Gasteiger partial charge in [-0.1, -0.05) is 32.9 Å². The molecule has 0 spiro atoms. The van der Waals surface area contributed by atoms with Crippen molar-refractivity contribution in [3.63, 3.8) is 0 Å². The number of fused-ring (bicyclic) bond motifs is 1. The summed E-state index contributed by atoms with van der Waals surface area (Å²) < 4.78 is 0. The number of carbonyl (C=O) groups is 1. The zero-order valence-corrected chi connectivity index (χ0v) is 17.4. The third kappa shape index (κ3) is 4.32. The van der Waals surface area contributed by atoms with Gasteiger partial charge in [-0.25, -0.2) is 4.98 Å². The van der Waals surface area contributed by atoms with Crippen molar-refractivity contribution >= 4 is 22.5 Å². The Hall–Kier alpha value is -2.73. The minimum atomic E-state index is -0.344. The van der Waals surface area contributed by atoms with Gasteiger partial charge < -0.3 is 10.2 Å². The van der Waals surface area contributed by atoms with Crippen LogP contribution in [0.2, 0.25) is 0 Å². The van der Waals surface area contributed by atoms with Crippen LogP contribution in [0.5, 0.6) is 0 Å². The molecule has 3 heterocycles. The van der Waals surface area contributed by atoms with Crippen molar-refractivity contribution in [1.29, 1.82) is 0 Å². The lowest BCUT2D eigenvalue weighted by molar-refractivity contribution is -0.127. The number of nitrogens with zero attached hydrogens (tertiary/aromatic N) is 3. The minimum absolute atomic E-state index is 0.0690. The number of H-pyrrole nitrogens is 1. The summed E-state index contributed by atoms with van der Waals surface area (Å²) >= 11 is 0. The molecule has 0 aliphatic carbocycles. The van der Waals surface area contributed by atoms with Gasteiger partial charge >= 0.3 is 0 Å². The molecule has 3 aromatic rings. The van der Waals surface area contributed by atoms with E-state index in [4.69, 9.17) is 0 Å². The number of anilines is 1. The van der Waals surface area contributed by atoms with E-state index >= 15 is 0 Å². The van der Waals surface area contributed by atoms with Crippen molar-refractivity contribution in [1.82, 2.24) is 20.1 Å². The Morgan fingerprint density at radius 1 is 1.17 bits per heavy atom. The number of nitrogens with one attached hydrogen (secondary N) is 2. The number of rotatable bonds is 5. The summed E-state index contributed by atoms with van der Waals surface area (Å²) in [7, 11) is 0. The van der Waals surface area contributed by atoms with E-state index in [0.29, 0.717) is 11.7 Å². The van der Waals surface area contributed by atoms with Crippen LogP contribution < -0.4 is 5.32 Å². The number of piperidine rings is 1. The highest BCUT2D eigenvalue weighted by molar-refractivity contribution is 5.96. The summed E-state index contributed by atoms with van der Waals surface area (Å²) in [6.45, 7) is 9.60. The number of aromatic amines is 1. The maximum absolute atomic E-state index is 13.0. The fraction of sp³-hybridized carbons (Fsp3) is 0.435. The number of aromatic nitrogens is 3. The van der Waals surface area contributed by atoms with Gasteiger partial charge in [-0.05, 0) is 54.9 Å². The summed E-state index contributed by atoms with van der Waals surface area (Å²) in [6, 6.07) is 8.15. The third-order valence-electron chi connectivity index (χ3n) is 5.93. The van der Waals surface area contributed by atoms with Gasteiger partial charge in [-0.15, -0.1) is 0 Å². The molecule has 0 unspecified atom stereocenters. The lowest BCUT2D eigenvalue weighted by Gasteiger charge is -2.38. The summed E-state index contributed by atoms with van der Waals surface area (Å²) in [5.41, 5.74) is 1.78. The molecule has 1 fully saturated rings. The first-order chi connectivity index (χ1) is 13.9. The Morgan fingerprint density at radius 2 is 1.97 bits per heavy atom. The van der Waals surface area contributed by atoms with Crippen LogP contribution in [0.1, 0.15) is 33.6 Å². The van der Waals surface area contributed by atoms with E-state index < -0.39 is 0 Å². The fourth-order valence-corrected chi connectivity index (χ4v) is 4.04. The number of benzene rings is 1. The van der Waals surface area contributed by atoms with Crippen LogP contribution in [0.4, 0.5) is 5.82 Å². The van der Waals surface area contributed by atoms with Crippen molar-refractivity contribution in [2.45, 2.75) is 33.6 Å². The van der Waals surface area contributed by atoms with Crippen molar-refractivity contribution in [2.24, 2.45) is 11.3 Å². The van der Waals surface area contributed by atoms with E-state index in [0.717, 1.165) is 54.4 Å². The Labute approximate surface area is 171 Å². The first-order valence-corrected chi connectivity index (χ1v) is 10.4. The average Bonchev–Trinajstić information content (AvgIpc) is 3.24. The molecule has 1 amide bonds. The van der Waals surface area contributed by atoms with Gasteiger partial charge in [-0.3, -0.25) is 9.89 Å². The summed E-state index contributed by atoms with van der Waals surface area (Å²) in [5, 5.41) is 12.0. The largest absolute Gasteiger partial charge is 0.310 e. The monoisotopic (exact) mass is 391 g/mol. The second kappa shape index (κ2) is 7.95. The summed E-state index contributed by atoms with van der Waals surface area (Å²) in [5.74, 6) is 1.33. The SMILES string of the molecule is CC(C)CN1CCC(C)(C(=O)Nc2cc3cc(-c4cn[nH]c4)ccc3cn2)CC1. The summed E-state index contributed by atoms with van der Waals surface area (Å²) in [4.78, 5) is 19.9. The van der Waals surface area contributed by atoms with Crippen LogP contribution in [0.15, 0.2) is 42.9 Å². The number of hydrogen-bond acceptors (Lipinski definition) is 4. The standard InChI is InChI=1S/C23H29N5O/c1-16(2)15-28-8-6-23(3,7-9-28)22(29)27-21-11-19-10-17(20-13-25-26-14-20)4-5-18(19)12-24-21/h4-5,10-14,16H,6-9,15H2,1-3H3,(H,25,26)(H,24,27,29). The highest BCUT2D eigenvalue weighted by Crippen LogP contribution is 2.33. The normalized spacial score (nSPS) is 17.0. The molecule has 6 nitrogen and oxygen atoms in total. The molecule has 1 aromatic carbocycles. The second-order valence-corrected chi connectivity index (χ2v) is 8.83. The zero-order valence-electron chi connectivity index (χ0n) is 17.4. The highest BCUT2D eigenvalue weighted by atomic mass is 16.2. The van der Waals surface area contributed by atoms with Gasteiger partial charge in [0.1, 0.15) is 5.82 Å². The summed E-state index contributed by atoms with van der Waals surface area (Å²) in [6.07, 6.45) is 7.25. The van der Waals surface area contributed by atoms with Gasteiger partial charge in [0.05, 0.1) is 6.20 Å².